The fourth-order valence-corrected chi connectivity index (χ4v) is 3.21. The maximum Gasteiger partial charge on any atom is 0.416 e. The van der Waals surface area contributed by atoms with Crippen LogP contribution in [0.25, 0.3) is 0 Å². The molecule has 1 N–H and O–H groups in total. The van der Waals surface area contributed by atoms with Gasteiger partial charge in [0.25, 0.3) is 0 Å². The van der Waals surface area contributed by atoms with E-state index < -0.39 is 23.2 Å². The van der Waals surface area contributed by atoms with Crippen molar-refractivity contribution < 1.29 is 27.4 Å². The van der Waals surface area contributed by atoms with Gasteiger partial charge in [-0.3, -0.25) is 0 Å². The first-order chi connectivity index (χ1) is 9.28. The van der Waals surface area contributed by atoms with Crippen LogP contribution in [0.3, 0.4) is 0 Å². The summed E-state index contributed by atoms with van der Waals surface area (Å²) >= 11 is 0. The van der Waals surface area contributed by atoms with E-state index in [-0.39, 0.29) is 30.6 Å². The number of ether oxygens (including phenoxy) is 1. The highest BCUT2D eigenvalue weighted by molar-refractivity contribution is 5.31. The Bertz CT molecular complexity index is 514. The Labute approximate surface area is 113 Å². The SMILES string of the molecule is OC1(c2ccc(C(F)(F)F)cc2F)CC2CCC(C1)O2. The van der Waals surface area contributed by atoms with E-state index in [1.165, 1.54) is 0 Å². The Kier molecular flexibility index (Phi) is 3.06. The third-order valence-electron chi connectivity index (χ3n) is 4.12. The van der Waals surface area contributed by atoms with Gasteiger partial charge in [0.1, 0.15) is 5.82 Å². The van der Waals surface area contributed by atoms with Crippen molar-refractivity contribution in [1.82, 2.24) is 0 Å². The van der Waals surface area contributed by atoms with Crippen LogP contribution in [0.2, 0.25) is 0 Å². The van der Waals surface area contributed by atoms with Crippen molar-refractivity contribution in [2.45, 2.75) is 49.7 Å². The smallest absolute Gasteiger partial charge is 0.385 e. The van der Waals surface area contributed by atoms with Gasteiger partial charge in [0.05, 0.1) is 23.4 Å². The van der Waals surface area contributed by atoms with Crippen LogP contribution in [0.4, 0.5) is 17.6 Å². The second kappa shape index (κ2) is 4.43. The number of fused-ring (bicyclic) bond motifs is 2. The Morgan fingerprint density at radius 1 is 1.15 bits per heavy atom. The molecule has 3 rings (SSSR count). The molecule has 2 nitrogen and oxygen atoms in total. The van der Waals surface area contributed by atoms with Gasteiger partial charge in [0, 0.05) is 18.4 Å². The molecule has 6 heteroatoms. The second-order valence-corrected chi connectivity index (χ2v) is 5.59. The average molecular weight is 290 g/mol. The molecule has 2 unspecified atom stereocenters. The molecular weight excluding hydrogens is 276 g/mol. The molecule has 2 fully saturated rings. The molecule has 2 aliphatic rings. The largest absolute Gasteiger partial charge is 0.416 e. The summed E-state index contributed by atoms with van der Waals surface area (Å²) < 4.78 is 57.1. The van der Waals surface area contributed by atoms with Gasteiger partial charge in [-0.2, -0.15) is 13.2 Å². The number of alkyl halides is 3. The number of hydrogen-bond donors (Lipinski definition) is 1. The topological polar surface area (TPSA) is 29.5 Å². The predicted molar refractivity (Wildman–Crippen MR) is 62.4 cm³/mol. The summed E-state index contributed by atoms with van der Waals surface area (Å²) in [4.78, 5) is 0. The Morgan fingerprint density at radius 2 is 1.75 bits per heavy atom. The van der Waals surface area contributed by atoms with Crippen LogP contribution in [0.5, 0.6) is 0 Å². The third kappa shape index (κ3) is 2.31. The minimum atomic E-state index is -4.59. The van der Waals surface area contributed by atoms with Crippen molar-refractivity contribution in [2.75, 3.05) is 0 Å². The number of benzene rings is 1. The monoisotopic (exact) mass is 290 g/mol. The van der Waals surface area contributed by atoms with Crippen molar-refractivity contribution in [3.63, 3.8) is 0 Å². The second-order valence-electron chi connectivity index (χ2n) is 5.59. The molecule has 2 aliphatic heterocycles. The van der Waals surface area contributed by atoms with Crippen LogP contribution in [0.15, 0.2) is 18.2 Å². The van der Waals surface area contributed by atoms with E-state index in [9.17, 15) is 22.7 Å². The summed E-state index contributed by atoms with van der Waals surface area (Å²) in [5, 5.41) is 10.6. The van der Waals surface area contributed by atoms with Crippen LogP contribution < -0.4 is 0 Å². The molecule has 2 bridgehead atoms. The molecule has 20 heavy (non-hydrogen) atoms. The maximum atomic E-state index is 14.0. The standard InChI is InChI=1S/C14H14F4O2/c15-12-5-8(14(16,17)18)1-4-11(12)13(19)6-9-2-3-10(7-13)20-9/h1,4-5,9-10,19H,2-3,6-7H2. The van der Waals surface area contributed by atoms with Crippen molar-refractivity contribution in [2.24, 2.45) is 0 Å². The summed E-state index contributed by atoms with van der Waals surface area (Å²) in [6, 6.07) is 2.31. The summed E-state index contributed by atoms with van der Waals surface area (Å²) in [6.45, 7) is 0. The zero-order valence-corrected chi connectivity index (χ0v) is 10.6. The van der Waals surface area contributed by atoms with Crippen LogP contribution in [0, 0.1) is 5.82 Å². The van der Waals surface area contributed by atoms with Crippen LogP contribution >= 0.6 is 0 Å². The molecule has 0 radical (unpaired) electrons. The van der Waals surface area contributed by atoms with Crippen molar-refractivity contribution >= 4 is 0 Å². The van der Waals surface area contributed by atoms with Gasteiger partial charge in [0.2, 0.25) is 0 Å². The molecule has 2 heterocycles. The minimum absolute atomic E-state index is 0.0642. The number of halogens is 4. The van der Waals surface area contributed by atoms with Crippen molar-refractivity contribution in [3.8, 4) is 0 Å². The summed E-state index contributed by atoms with van der Waals surface area (Å²) in [7, 11) is 0. The Morgan fingerprint density at radius 3 is 2.25 bits per heavy atom. The van der Waals surface area contributed by atoms with Crippen molar-refractivity contribution in [3.05, 3.63) is 35.1 Å². The summed E-state index contributed by atoms with van der Waals surface area (Å²) in [5.74, 6) is -1.01. The first kappa shape index (κ1) is 13.8. The van der Waals surface area contributed by atoms with Gasteiger partial charge in [-0.15, -0.1) is 0 Å². The van der Waals surface area contributed by atoms with Gasteiger partial charge in [-0.25, -0.2) is 4.39 Å². The highest BCUT2D eigenvalue weighted by atomic mass is 19.4. The molecule has 0 saturated carbocycles. The fraction of sp³-hybridized carbons (Fsp3) is 0.571. The van der Waals surface area contributed by atoms with E-state index in [0.29, 0.717) is 6.07 Å². The van der Waals surface area contributed by atoms with Crippen LogP contribution in [-0.2, 0) is 16.5 Å². The lowest BCUT2D eigenvalue weighted by Crippen LogP contribution is -2.39. The van der Waals surface area contributed by atoms with Crippen LogP contribution in [-0.4, -0.2) is 17.3 Å². The third-order valence-corrected chi connectivity index (χ3v) is 4.12. The average Bonchev–Trinajstić information content (AvgIpc) is 2.67. The zero-order chi connectivity index (χ0) is 14.5. The molecule has 2 saturated heterocycles. The summed E-state index contributed by atoms with van der Waals surface area (Å²) in [6.07, 6.45) is -2.81. The highest BCUT2D eigenvalue weighted by Gasteiger charge is 2.46. The van der Waals surface area contributed by atoms with E-state index >= 15 is 0 Å². The Hall–Kier alpha value is -1.14. The molecule has 1 aromatic rings. The summed E-state index contributed by atoms with van der Waals surface area (Å²) in [5.41, 5.74) is -2.54. The van der Waals surface area contributed by atoms with Gasteiger partial charge < -0.3 is 9.84 Å². The fourth-order valence-electron chi connectivity index (χ4n) is 3.21. The lowest BCUT2D eigenvalue weighted by molar-refractivity contribution is -0.138. The van der Waals surface area contributed by atoms with E-state index in [2.05, 4.69) is 0 Å². The van der Waals surface area contributed by atoms with Gasteiger partial charge in [-0.05, 0) is 25.0 Å². The van der Waals surface area contributed by atoms with Gasteiger partial charge in [0.15, 0.2) is 0 Å². The Balaban J connectivity index is 1.94. The van der Waals surface area contributed by atoms with Crippen molar-refractivity contribution in [1.29, 1.82) is 0 Å². The number of aliphatic hydroxyl groups is 1. The van der Waals surface area contributed by atoms with Gasteiger partial charge >= 0.3 is 6.18 Å². The quantitative estimate of drug-likeness (QED) is 0.804. The minimum Gasteiger partial charge on any atom is -0.385 e. The number of rotatable bonds is 1. The molecule has 1 aromatic carbocycles. The van der Waals surface area contributed by atoms with E-state index in [1.54, 1.807) is 0 Å². The van der Waals surface area contributed by atoms with E-state index in [0.717, 1.165) is 25.0 Å². The van der Waals surface area contributed by atoms with Crippen LogP contribution in [0.1, 0.15) is 36.8 Å². The van der Waals surface area contributed by atoms with Gasteiger partial charge in [-0.1, -0.05) is 6.07 Å². The molecule has 0 amide bonds. The molecule has 110 valence electrons. The van der Waals surface area contributed by atoms with E-state index in [4.69, 9.17) is 4.74 Å². The highest BCUT2D eigenvalue weighted by Crippen LogP contribution is 2.45. The predicted octanol–water partition coefficient (Wildman–Crippen LogP) is 3.37. The number of hydrogen-bond acceptors (Lipinski definition) is 2. The normalized spacial score (nSPS) is 33.5. The van der Waals surface area contributed by atoms with E-state index in [1.807, 2.05) is 0 Å². The maximum absolute atomic E-state index is 14.0. The lowest BCUT2D eigenvalue weighted by Gasteiger charge is -2.37. The molecule has 2 atom stereocenters. The molecular formula is C14H14F4O2. The zero-order valence-electron chi connectivity index (χ0n) is 10.6. The first-order valence-corrected chi connectivity index (χ1v) is 6.53. The molecule has 0 spiro atoms. The first-order valence-electron chi connectivity index (χ1n) is 6.53. The lowest BCUT2D eigenvalue weighted by atomic mass is 9.83. The molecule has 0 aliphatic carbocycles. The molecule has 0 aromatic heterocycles.